The van der Waals surface area contributed by atoms with Crippen LogP contribution >= 0.6 is 34.5 Å². The van der Waals surface area contributed by atoms with Gasteiger partial charge in [0.1, 0.15) is 12.4 Å². The summed E-state index contributed by atoms with van der Waals surface area (Å²) in [6, 6.07) is 30.8. The Labute approximate surface area is 267 Å². The summed E-state index contributed by atoms with van der Waals surface area (Å²) in [7, 11) is 0. The minimum atomic E-state index is -0.771. The molecular weight excluding hydrogens is 615 g/mol. The molecule has 0 saturated carbocycles. The van der Waals surface area contributed by atoms with Crippen LogP contribution in [0.5, 0.6) is 5.75 Å². The molecule has 0 unspecified atom stereocenters. The number of thiazole rings is 1. The molecule has 1 aromatic heterocycles. The van der Waals surface area contributed by atoms with Gasteiger partial charge in [-0.25, -0.2) is 9.79 Å². The number of fused-ring (bicyclic) bond motifs is 1. The van der Waals surface area contributed by atoms with Gasteiger partial charge in [0.15, 0.2) is 4.80 Å². The van der Waals surface area contributed by atoms with Crippen molar-refractivity contribution in [3.05, 3.63) is 161 Å². The minimum absolute atomic E-state index is 0.178. The van der Waals surface area contributed by atoms with E-state index >= 15 is 0 Å². The van der Waals surface area contributed by atoms with E-state index in [1.165, 1.54) is 11.3 Å². The quantitative estimate of drug-likeness (QED) is 0.175. The Morgan fingerprint density at radius 3 is 2.45 bits per heavy atom. The van der Waals surface area contributed by atoms with Crippen LogP contribution in [-0.2, 0) is 16.1 Å². The van der Waals surface area contributed by atoms with E-state index in [9.17, 15) is 9.59 Å². The van der Waals surface area contributed by atoms with Gasteiger partial charge in [-0.1, -0.05) is 101 Å². The van der Waals surface area contributed by atoms with Gasteiger partial charge in [-0.15, -0.1) is 0 Å². The zero-order valence-electron chi connectivity index (χ0n) is 23.6. The predicted molar refractivity (Wildman–Crippen MR) is 175 cm³/mol. The van der Waals surface area contributed by atoms with Crippen molar-refractivity contribution in [3.63, 3.8) is 0 Å². The predicted octanol–water partition coefficient (Wildman–Crippen LogP) is 6.82. The molecule has 0 bridgehead atoms. The summed E-state index contributed by atoms with van der Waals surface area (Å²) in [5, 5.41) is 1.19. The zero-order chi connectivity index (χ0) is 30.6. The molecule has 9 heteroatoms. The number of hydrogen-bond donors (Lipinski definition) is 0. The monoisotopic (exact) mass is 640 g/mol. The summed E-state index contributed by atoms with van der Waals surface area (Å²) in [5.41, 5.74) is 3.68. The Morgan fingerprint density at radius 1 is 0.932 bits per heavy atom. The van der Waals surface area contributed by atoms with E-state index in [0.29, 0.717) is 43.0 Å². The lowest BCUT2D eigenvalue weighted by atomic mass is 9.93. The van der Waals surface area contributed by atoms with E-state index in [1.807, 2.05) is 97.1 Å². The second-order valence-corrected chi connectivity index (χ2v) is 11.9. The van der Waals surface area contributed by atoms with Gasteiger partial charge < -0.3 is 9.47 Å². The molecule has 0 N–H and O–H groups in total. The van der Waals surface area contributed by atoms with Gasteiger partial charge in [-0.2, -0.15) is 0 Å². The summed E-state index contributed by atoms with van der Waals surface area (Å²) in [6.45, 7) is 2.28. The number of hydrogen-bond acceptors (Lipinski definition) is 6. The fourth-order valence-electron chi connectivity index (χ4n) is 5.04. The van der Waals surface area contributed by atoms with Gasteiger partial charge in [0.05, 0.1) is 28.5 Å². The molecular formula is C35H26Cl2N2O4S. The molecule has 2 heterocycles. The largest absolute Gasteiger partial charge is 0.489 e. The average molecular weight is 642 g/mol. The van der Waals surface area contributed by atoms with Crippen molar-refractivity contribution in [2.45, 2.75) is 19.6 Å². The lowest BCUT2D eigenvalue weighted by Crippen LogP contribution is -2.40. The van der Waals surface area contributed by atoms with E-state index in [0.717, 1.165) is 16.7 Å². The summed E-state index contributed by atoms with van der Waals surface area (Å²) in [6.07, 6.45) is 1.81. The molecule has 0 amide bonds. The molecule has 6 rings (SSSR count). The van der Waals surface area contributed by atoms with E-state index in [-0.39, 0.29) is 17.7 Å². The van der Waals surface area contributed by atoms with E-state index in [4.69, 9.17) is 37.7 Å². The average Bonchev–Trinajstić information content (AvgIpc) is 3.34. The number of carbonyl (C=O) groups is 1. The highest BCUT2D eigenvalue weighted by Crippen LogP contribution is 2.35. The van der Waals surface area contributed by atoms with Gasteiger partial charge in [0.25, 0.3) is 5.56 Å². The van der Waals surface area contributed by atoms with Crippen LogP contribution in [0, 0.1) is 0 Å². The summed E-state index contributed by atoms with van der Waals surface area (Å²) >= 11 is 13.6. The Morgan fingerprint density at radius 2 is 1.70 bits per heavy atom. The van der Waals surface area contributed by atoms with Gasteiger partial charge in [0, 0.05) is 15.6 Å². The molecule has 4 aromatic carbocycles. The number of esters is 1. The number of halogens is 2. The number of carbonyl (C=O) groups excluding carboxylic acids is 1. The van der Waals surface area contributed by atoms with Crippen LogP contribution in [0.2, 0.25) is 10.0 Å². The highest BCUT2D eigenvalue weighted by molar-refractivity contribution is 7.07. The van der Waals surface area contributed by atoms with Crippen molar-refractivity contribution >= 4 is 52.3 Å². The SMILES string of the molecule is CCOC(=O)C1=C(c2ccccc2)N=c2s/c(=C\c3cccc(OCc4cccc(Cl)c4)c3)c(=O)n2[C@H]1c1ccc(Cl)cc1. The number of benzene rings is 4. The molecule has 0 aliphatic carbocycles. The first-order chi connectivity index (χ1) is 21.4. The maximum atomic E-state index is 14.1. The first kappa shape index (κ1) is 29.6. The number of aromatic nitrogens is 1. The second kappa shape index (κ2) is 13.1. The molecule has 1 aliphatic rings. The Balaban J connectivity index is 1.47. The Hall–Kier alpha value is -4.43. The van der Waals surface area contributed by atoms with Crippen LogP contribution in [0.4, 0.5) is 0 Å². The molecule has 1 aliphatic heterocycles. The maximum Gasteiger partial charge on any atom is 0.338 e. The summed E-state index contributed by atoms with van der Waals surface area (Å²) in [5.74, 6) is 0.121. The molecule has 0 fully saturated rings. The highest BCUT2D eigenvalue weighted by Gasteiger charge is 2.35. The number of nitrogens with zero attached hydrogens (tertiary/aromatic N) is 2. The van der Waals surface area contributed by atoms with Crippen LogP contribution in [0.1, 0.15) is 35.2 Å². The zero-order valence-corrected chi connectivity index (χ0v) is 25.9. The lowest BCUT2D eigenvalue weighted by Gasteiger charge is -2.25. The third-order valence-electron chi connectivity index (χ3n) is 7.01. The van der Waals surface area contributed by atoms with Crippen LogP contribution in [0.25, 0.3) is 11.8 Å². The molecule has 6 nitrogen and oxygen atoms in total. The van der Waals surface area contributed by atoms with Gasteiger partial charge >= 0.3 is 5.97 Å². The Kier molecular flexibility index (Phi) is 8.79. The van der Waals surface area contributed by atoms with Gasteiger partial charge in [-0.05, 0) is 66.1 Å². The van der Waals surface area contributed by atoms with Crippen molar-refractivity contribution in [2.24, 2.45) is 4.99 Å². The van der Waals surface area contributed by atoms with Crippen LogP contribution in [0.15, 0.2) is 118 Å². The standard InChI is InChI=1S/C35H26Cl2N2O4S/c1-2-42-34(41)30-31(24-10-4-3-5-11-24)38-35-39(32(30)25-14-16-26(36)17-15-25)33(40)29(44-35)20-22-8-7-13-28(19-22)43-21-23-9-6-12-27(37)18-23/h3-20,32H,2,21H2,1H3/b29-20-/t32-/m0/s1. The van der Waals surface area contributed by atoms with Crippen LogP contribution in [-0.4, -0.2) is 17.1 Å². The Bertz CT molecular complexity index is 2050. The third kappa shape index (κ3) is 6.26. The molecule has 44 heavy (non-hydrogen) atoms. The minimum Gasteiger partial charge on any atom is -0.489 e. The summed E-state index contributed by atoms with van der Waals surface area (Å²) < 4.78 is 13.6. The smallest absolute Gasteiger partial charge is 0.338 e. The van der Waals surface area contributed by atoms with Gasteiger partial charge in [0.2, 0.25) is 0 Å². The fourth-order valence-corrected chi connectivity index (χ4v) is 6.38. The third-order valence-corrected chi connectivity index (χ3v) is 8.48. The van der Waals surface area contributed by atoms with Crippen molar-refractivity contribution in [1.82, 2.24) is 4.57 Å². The molecule has 5 aromatic rings. The molecule has 0 saturated heterocycles. The van der Waals surface area contributed by atoms with E-state index in [2.05, 4.69) is 0 Å². The molecule has 0 radical (unpaired) electrons. The highest BCUT2D eigenvalue weighted by atomic mass is 35.5. The van der Waals surface area contributed by atoms with Crippen molar-refractivity contribution in [3.8, 4) is 5.75 Å². The number of rotatable bonds is 8. The molecule has 220 valence electrons. The topological polar surface area (TPSA) is 69.9 Å². The van der Waals surface area contributed by atoms with Crippen LogP contribution in [0.3, 0.4) is 0 Å². The molecule has 1 atom stereocenters. The first-order valence-corrected chi connectivity index (χ1v) is 15.5. The number of ether oxygens (including phenoxy) is 2. The molecule has 0 spiro atoms. The first-order valence-electron chi connectivity index (χ1n) is 13.9. The lowest BCUT2D eigenvalue weighted by molar-refractivity contribution is -0.138. The fraction of sp³-hybridized carbons (Fsp3) is 0.114. The van der Waals surface area contributed by atoms with Crippen molar-refractivity contribution < 1.29 is 14.3 Å². The maximum absolute atomic E-state index is 14.1. The van der Waals surface area contributed by atoms with E-state index in [1.54, 1.807) is 23.6 Å². The second-order valence-electron chi connectivity index (χ2n) is 9.97. The normalized spacial score (nSPS) is 14.6. The van der Waals surface area contributed by atoms with E-state index < -0.39 is 12.0 Å². The van der Waals surface area contributed by atoms with Crippen molar-refractivity contribution in [1.29, 1.82) is 0 Å². The van der Waals surface area contributed by atoms with Gasteiger partial charge in [-0.3, -0.25) is 9.36 Å². The summed E-state index contributed by atoms with van der Waals surface area (Å²) in [4.78, 5) is 33.0. The van der Waals surface area contributed by atoms with Crippen LogP contribution < -0.4 is 19.6 Å². The van der Waals surface area contributed by atoms with Crippen molar-refractivity contribution in [2.75, 3.05) is 6.61 Å².